The van der Waals surface area contributed by atoms with E-state index < -0.39 is 6.10 Å². The average Bonchev–Trinajstić information content (AvgIpc) is 2.71. The maximum Gasteiger partial charge on any atom is 0.261 e. The first kappa shape index (κ1) is 20.4. The first-order chi connectivity index (χ1) is 13.6. The van der Waals surface area contributed by atoms with E-state index in [0.717, 1.165) is 23.4 Å². The van der Waals surface area contributed by atoms with Crippen LogP contribution in [0.4, 0.5) is 0 Å². The van der Waals surface area contributed by atoms with E-state index in [2.05, 4.69) is 34.5 Å². The number of hydrogen-bond donors (Lipinski definition) is 1. The van der Waals surface area contributed by atoms with Crippen molar-refractivity contribution >= 4 is 5.91 Å². The van der Waals surface area contributed by atoms with Crippen LogP contribution in [0.1, 0.15) is 49.3 Å². The van der Waals surface area contributed by atoms with Gasteiger partial charge in [-0.2, -0.15) is 0 Å². The predicted octanol–water partition coefficient (Wildman–Crippen LogP) is 4.45. The molecule has 1 N–H and O–H groups in total. The van der Waals surface area contributed by atoms with E-state index in [4.69, 9.17) is 4.74 Å². The van der Waals surface area contributed by atoms with Gasteiger partial charge < -0.3 is 10.1 Å². The van der Waals surface area contributed by atoms with Crippen LogP contribution in [0.15, 0.2) is 48.5 Å². The van der Waals surface area contributed by atoms with E-state index in [0.29, 0.717) is 13.0 Å². The first-order valence-electron chi connectivity index (χ1n) is 10.5. The van der Waals surface area contributed by atoms with Crippen molar-refractivity contribution in [1.82, 2.24) is 10.2 Å². The molecule has 1 fully saturated rings. The van der Waals surface area contributed by atoms with Crippen molar-refractivity contribution in [2.75, 3.05) is 13.1 Å². The van der Waals surface area contributed by atoms with Crippen LogP contribution in [0, 0.1) is 6.92 Å². The van der Waals surface area contributed by atoms with Crippen LogP contribution in [0.3, 0.4) is 0 Å². The van der Waals surface area contributed by atoms with E-state index in [1.165, 1.54) is 37.9 Å². The Labute approximate surface area is 168 Å². The number of carbonyl (C=O) groups is 1. The monoisotopic (exact) mass is 380 g/mol. The van der Waals surface area contributed by atoms with E-state index in [1.54, 1.807) is 0 Å². The minimum absolute atomic E-state index is 0.0644. The average molecular weight is 381 g/mol. The molecule has 2 aromatic carbocycles. The number of nitrogens with zero attached hydrogens (tertiary/aromatic N) is 1. The van der Waals surface area contributed by atoms with Crippen LogP contribution >= 0.6 is 0 Å². The third-order valence-corrected chi connectivity index (χ3v) is 5.24. The highest BCUT2D eigenvalue weighted by Crippen LogP contribution is 2.16. The van der Waals surface area contributed by atoms with Gasteiger partial charge in [-0.25, -0.2) is 0 Å². The Morgan fingerprint density at radius 2 is 1.82 bits per heavy atom. The molecule has 0 unspecified atom stereocenters. The fourth-order valence-corrected chi connectivity index (χ4v) is 3.69. The van der Waals surface area contributed by atoms with Crippen LogP contribution in [-0.4, -0.2) is 30.0 Å². The van der Waals surface area contributed by atoms with Crippen molar-refractivity contribution in [1.29, 1.82) is 0 Å². The van der Waals surface area contributed by atoms with Crippen molar-refractivity contribution in [3.8, 4) is 5.75 Å². The maximum absolute atomic E-state index is 12.6. The molecule has 28 heavy (non-hydrogen) atoms. The summed E-state index contributed by atoms with van der Waals surface area (Å²) in [5, 5.41) is 3.04. The van der Waals surface area contributed by atoms with E-state index in [9.17, 15) is 4.79 Å². The van der Waals surface area contributed by atoms with Crippen LogP contribution in [0.5, 0.6) is 5.75 Å². The van der Waals surface area contributed by atoms with Gasteiger partial charge in [0, 0.05) is 13.1 Å². The summed E-state index contributed by atoms with van der Waals surface area (Å²) in [6.45, 7) is 7.89. The number of nitrogens with one attached hydrogen (secondary N) is 1. The van der Waals surface area contributed by atoms with Gasteiger partial charge in [0.2, 0.25) is 0 Å². The first-order valence-corrected chi connectivity index (χ1v) is 10.5. The molecule has 0 radical (unpaired) electrons. The van der Waals surface area contributed by atoms with Gasteiger partial charge in [0.25, 0.3) is 5.91 Å². The van der Waals surface area contributed by atoms with Gasteiger partial charge in [0.05, 0.1) is 0 Å². The van der Waals surface area contributed by atoms with Gasteiger partial charge in [0.1, 0.15) is 5.75 Å². The number of hydrogen-bond acceptors (Lipinski definition) is 3. The molecule has 0 spiro atoms. The summed E-state index contributed by atoms with van der Waals surface area (Å²) in [6.07, 6.45) is 4.11. The second kappa shape index (κ2) is 10.3. The molecule has 2 aromatic rings. The summed E-state index contributed by atoms with van der Waals surface area (Å²) in [5.74, 6) is 0.677. The zero-order chi connectivity index (χ0) is 19.8. The molecule has 1 aliphatic rings. The van der Waals surface area contributed by atoms with E-state index >= 15 is 0 Å². The largest absolute Gasteiger partial charge is 0.481 e. The number of amides is 1. The summed E-state index contributed by atoms with van der Waals surface area (Å²) in [5.41, 5.74) is 3.57. The molecule has 0 saturated carbocycles. The molecule has 4 nitrogen and oxygen atoms in total. The molecule has 1 atom stereocenters. The number of carbonyl (C=O) groups excluding carboxylic acids is 1. The van der Waals surface area contributed by atoms with Gasteiger partial charge in [-0.15, -0.1) is 0 Å². The Kier molecular flexibility index (Phi) is 7.49. The molecule has 1 saturated heterocycles. The van der Waals surface area contributed by atoms with Crippen molar-refractivity contribution in [2.45, 2.75) is 58.7 Å². The lowest BCUT2D eigenvalue weighted by atomic mass is 10.1. The Hall–Kier alpha value is -2.33. The van der Waals surface area contributed by atoms with Gasteiger partial charge >= 0.3 is 0 Å². The summed E-state index contributed by atoms with van der Waals surface area (Å²) in [6, 6.07) is 16.4. The topological polar surface area (TPSA) is 41.6 Å². The number of rotatable bonds is 8. The molecule has 1 amide bonds. The third-order valence-electron chi connectivity index (χ3n) is 5.24. The SMILES string of the molecule is CC[C@@H](Oc1cccc(C)c1)C(=O)NCc1cccc(CN2CCCCC2)c1. The summed E-state index contributed by atoms with van der Waals surface area (Å²) >= 11 is 0. The van der Waals surface area contributed by atoms with Crippen LogP contribution in [-0.2, 0) is 17.9 Å². The molecule has 150 valence electrons. The number of likely N-dealkylation sites (tertiary alicyclic amines) is 1. The van der Waals surface area contributed by atoms with E-state index in [-0.39, 0.29) is 5.91 Å². The number of aryl methyl sites for hydroxylation is 1. The zero-order valence-electron chi connectivity index (χ0n) is 17.1. The van der Waals surface area contributed by atoms with Crippen LogP contribution in [0.25, 0.3) is 0 Å². The molecular formula is C24H32N2O2. The minimum atomic E-state index is -0.474. The fourth-order valence-electron chi connectivity index (χ4n) is 3.69. The molecule has 0 bridgehead atoms. The molecule has 0 aliphatic carbocycles. The van der Waals surface area contributed by atoms with Crippen LogP contribution < -0.4 is 10.1 Å². The Bertz CT molecular complexity index is 769. The van der Waals surface area contributed by atoms with Gasteiger partial charge in [-0.1, -0.05) is 49.7 Å². The predicted molar refractivity (Wildman–Crippen MR) is 113 cm³/mol. The summed E-state index contributed by atoms with van der Waals surface area (Å²) < 4.78 is 5.90. The lowest BCUT2D eigenvalue weighted by Gasteiger charge is -2.26. The van der Waals surface area contributed by atoms with Crippen LogP contribution in [0.2, 0.25) is 0 Å². The lowest BCUT2D eigenvalue weighted by Crippen LogP contribution is -2.37. The van der Waals surface area contributed by atoms with Crippen molar-refractivity contribution < 1.29 is 9.53 Å². The standard InChI is InChI=1S/C24H32N2O2/c1-3-23(28-22-12-7-9-19(2)15-22)24(27)25-17-20-10-8-11-21(16-20)18-26-13-5-4-6-14-26/h7-12,15-16,23H,3-6,13-14,17-18H2,1-2H3,(H,25,27)/t23-/m1/s1. The molecule has 0 aromatic heterocycles. The smallest absolute Gasteiger partial charge is 0.261 e. The molecular weight excluding hydrogens is 348 g/mol. The highest BCUT2D eigenvalue weighted by Gasteiger charge is 2.18. The second-order valence-corrected chi connectivity index (χ2v) is 7.71. The fraction of sp³-hybridized carbons (Fsp3) is 0.458. The molecule has 3 rings (SSSR count). The zero-order valence-corrected chi connectivity index (χ0v) is 17.1. The highest BCUT2D eigenvalue weighted by atomic mass is 16.5. The molecule has 4 heteroatoms. The third kappa shape index (κ3) is 6.10. The minimum Gasteiger partial charge on any atom is -0.481 e. The Balaban J connectivity index is 1.53. The number of benzene rings is 2. The summed E-state index contributed by atoms with van der Waals surface area (Å²) in [4.78, 5) is 15.1. The quantitative estimate of drug-likeness (QED) is 0.735. The molecule has 1 heterocycles. The summed E-state index contributed by atoms with van der Waals surface area (Å²) in [7, 11) is 0. The lowest BCUT2D eigenvalue weighted by molar-refractivity contribution is -0.128. The highest BCUT2D eigenvalue weighted by molar-refractivity contribution is 5.81. The van der Waals surface area contributed by atoms with Crippen molar-refractivity contribution in [3.05, 3.63) is 65.2 Å². The van der Waals surface area contributed by atoms with E-state index in [1.807, 2.05) is 38.1 Å². The van der Waals surface area contributed by atoms with Gasteiger partial charge in [-0.05, 0) is 68.1 Å². The normalized spacial score (nSPS) is 15.8. The van der Waals surface area contributed by atoms with Gasteiger partial charge in [-0.3, -0.25) is 9.69 Å². The Morgan fingerprint density at radius 3 is 2.57 bits per heavy atom. The molecule has 1 aliphatic heterocycles. The van der Waals surface area contributed by atoms with Crippen molar-refractivity contribution in [3.63, 3.8) is 0 Å². The van der Waals surface area contributed by atoms with Gasteiger partial charge in [0.15, 0.2) is 6.10 Å². The van der Waals surface area contributed by atoms with Crippen molar-refractivity contribution in [2.24, 2.45) is 0 Å². The number of ether oxygens (including phenoxy) is 1. The Morgan fingerprint density at radius 1 is 1.07 bits per heavy atom. The maximum atomic E-state index is 12.6. The number of piperidine rings is 1. The second-order valence-electron chi connectivity index (χ2n) is 7.71.